The van der Waals surface area contributed by atoms with Gasteiger partial charge in [-0.3, -0.25) is 4.79 Å². The first kappa shape index (κ1) is 15.2. The van der Waals surface area contributed by atoms with E-state index < -0.39 is 0 Å². The van der Waals surface area contributed by atoms with Crippen LogP contribution in [-0.2, 0) is 13.5 Å². The highest BCUT2D eigenvalue weighted by molar-refractivity contribution is 5.97. The van der Waals surface area contributed by atoms with Crippen molar-refractivity contribution in [3.63, 3.8) is 0 Å². The van der Waals surface area contributed by atoms with Crippen molar-refractivity contribution in [1.29, 1.82) is 0 Å². The normalized spacial score (nSPS) is 12.0. The van der Waals surface area contributed by atoms with Crippen LogP contribution in [0, 0.1) is 0 Å². The van der Waals surface area contributed by atoms with Crippen molar-refractivity contribution in [2.45, 2.75) is 25.8 Å². The van der Waals surface area contributed by atoms with Crippen LogP contribution in [0.25, 0.3) is 0 Å². The minimum Gasteiger partial charge on any atom is -0.496 e. The smallest absolute Gasteiger partial charge is 0.255 e. The zero-order valence-electron chi connectivity index (χ0n) is 12.8. The molecule has 4 heteroatoms. The monoisotopic (exact) mass is 286 g/mol. The van der Waals surface area contributed by atoms with E-state index in [9.17, 15) is 4.79 Å². The Labute approximate surface area is 125 Å². The summed E-state index contributed by atoms with van der Waals surface area (Å²) in [6.45, 7) is 2.02. The first-order chi connectivity index (χ1) is 10.1. The molecule has 21 heavy (non-hydrogen) atoms. The van der Waals surface area contributed by atoms with Crippen LogP contribution in [0.15, 0.2) is 42.6 Å². The Kier molecular flexibility index (Phi) is 5.04. The van der Waals surface area contributed by atoms with Gasteiger partial charge in [-0.25, -0.2) is 0 Å². The molecular formula is C17H22N2O2. The van der Waals surface area contributed by atoms with Crippen molar-refractivity contribution >= 4 is 5.91 Å². The number of aromatic nitrogens is 1. The van der Waals surface area contributed by atoms with E-state index in [1.807, 2.05) is 38.4 Å². The summed E-state index contributed by atoms with van der Waals surface area (Å²) in [6.07, 6.45) is 3.88. The van der Waals surface area contributed by atoms with E-state index in [-0.39, 0.29) is 11.9 Å². The second kappa shape index (κ2) is 6.97. The summed E-state index contributed by atoms with van der Waals surface area (Å²) in [6, 6.07) is 11.5. The third kappa shape index (κ3) is 3.88. The van der Waals surface area contributed by atoms with Gasteiger partial charge in [0.1, 0.15) is 5.75 Å². The van der Waals surface area contributed by atoms with Gasteiger partial charge in [-0.1, -0.05) is 12.1 Å². The highest BCUT2D eigenvalue weighted by atomic mass is 16.5. The van der Waals surface area contributed by atoms with Crippen LogP contribution in [0.2, 0.25) is 0 Å². The highest BCUT2D eigenvalue weighted by Gasteiger charge is 2.14. The van der Waals surface area contributed by atoms with E-state index in [1.54, 1.807) is 19.2 Å². The molecule has 1 aromatic carbocycles. The summed E-state index contributed by atoms with van der Waals surface area (Å²) >= 11 is 0. The summed E-state index contributed by atoms with van der Waals surface area (Å²) in [7, 11) is 3.61. The number of carbonyl (C=O) groups excluding carboxylic acids is 1. The lowest BCUT2D eigenvalue weighted by atomic mass is 10.1. The van der Waals surface area contributed by atoms with E-state index in [1.165, 1.54) is 5.69 Å². The van der Waals surface area contributed by atoms with Gasteiger partial charge < -0.3 is 14.6 Å². The molecule has 1 aromatic heterocycles. The minimum atomic E-state index is -0.0909. The van der Waals surface area contributed by atoms with Gasteiger partial charge in [0.25, 0.3) is 5.91 Å². The molecule has 0 aliphatic carbocycles. The predicted molar refractivity (Wildman–Crippen MR) is 83.7 cm³/mol. The first-order valence-corrected chi connectivity index (χ1v) is 7.16. The Morgan fingerprint density at radius 2 is 2.05 bits per heavy atom. The fourth-order valence-corrected chi connectivity index (χ4v) is 2.33. The van der Waals surface area contributed by atoms with E-state index in [0.717, 1.165) is 12.8 Å². The maximum absolute atomic E-state index is 12.3. The van der Waals surface area contributed by atoms with Gasteiger partial charge in [0.05, 0.1) is 12.7 Å². The lowest BCUT2D eigenvalue weighted by Gasteiger charge is -2.15. The van der Waals surface area contributed by atoms with Gasteiger partial charge in [-0.15, -0.1) is 0 Å². The molecule has 112 valence electrons. The van der Waals surface area contributed by atoms with Crippen LogP contribution < -0.4 is 10.1 Å². The molecule has 4 nitrogen and oxygen atoms in total. The third-order valence-corrected chi connectivity index (χ3v) is 3.61. The Hall–Kier alpha value is -2.23. The third-order valence-electron chi connectivity index (χ3n) is 3.61. The zero-order chi connectivity index (χ0) is 15.2. The molecule has 0 spiro atoms. The lowest BCUT2D eigenvalue weighted by Crippen LogP contribution is -2.33. The molecule has 1 N–H and O–H groups in total. The fraction of sp³-hybridized carbons (Fsp3) is 0.353. The minimum absolute atomic E-state index is 0.0909. The van der Waals surface area contributed by atoms with Crippen molar-refractivity contribution in [1.82, 2.24) is 9.88 Å². The number of benzene rings is 1. The van der Waals surface area contributed by atoms with E-state index in [4.69, 9.17) is 4.74 Å². The second-order valence-corrected chi connectivity index (χ2v) is 5.22. The van der Waals surface area contributed by atoms with Crippen molar-refractivity contribution in [2.75, 3.05) is 7.11 Å². The predicted octanol–water partition coefficient (Wildman–Crippen LogP) is 2.78. The molecule has 1 amide bonds. The van der Waals surface area contributed by atoms with Crippen molar-refractivity contribution in [3.8, 4) is 5.75 Å². The molecule has 1 atom stereocenters. The Balaban J connectivity index is 1.91. The molecule has 1 heterocycles. The number of ether oxygens (including phenoxy) is 1. The summed E-state index contributed by atoms with van der Waals surface area (Å²) in [4.78, 5) is 12.3. The number of hydrogen-bond acceptors (Lipinski definition) is 2. The average molecular weight is 286 g/mol. The highest BCUT2D eigenvalue weighted by Crippen LogP contribution is 2.17. The van der Waals surface area contributed by atoms with Gasteiger partial charge in [0, 0.05) is 25.0 Å². The quantitative estimate of drug-likeness (QED) is 0.887. The van der Waals surface area contributed by atoms with Crippen LogP contribution in [0.5, 0.6) is 5.75 Å². The van der Waals surface area contributed by atoms with E-state index >= 15 is 0 Å². The number of carbonyl (C=O) groups is 1. The molecule has 0 aliphatic heterocycles. The molecule has 0 fully saturated rings. The standard InChI is InChI=1S/C17H22N2O2/c1-13(10-11-14-7-6-12-19(14)2)18-17(20)15-8-4-5-9-16(15)21-3/h4-9,12-13H,10-11H2,1-3H3,(H,18,20)/t13-/m0/s1. The molecule has 0 radical (unpaired) electrons. The average Bonchev–Trinajstić information content (AvgIpc) is 2.90. The first-order valence-electron chi connectivity index (χ1n) is 7.16. The number of nitrogens with one attached hydrogen (secondary N) is 1. The maximum atomic E-state index is 12.3. The van der Waals surface area contributed by atoms with Gasteiger partial charge in [0.15, 0.2) is 0 Å². The van der Waals surface area contributed by atoms with Crippen LogP contribution >= 0.6 is 0 Å². The number of hydrogen-bond donors (Lipinski definition) is 1. The maximum Gasteiger partial charge on any atom is 0.255 e. The van der Waals surface area contributed by atoms with Crippen LogP contribution in [0.3, 0.4) is 0 Å². The summed E-state index contributed by atoms with van der Waals surface area (Å²) < 4.78 is 7.32. The number of rotatable bonds is 6. The van der Waals surface area contributed by atoms with Gasteiger partial charge in [0.2, 0.25) is 0 Å². The summed E-state index contributed by atoms with van der Waals surface area (Å²) in [5.74, 6) is 0.511. The fourth-order valence-electron chi connectivity index (χ4n) is 2.33. The number of para-hydroxylation sites is 1. The zero-order valence-corrected chi connectivity index (χ0v) is 12.8. The SMILES string of the molecule is COc1ccccc1C(=O)N[C@@H](C)CCc1cccn1C. The topological polar surface area (TPSA) is 43.3 Å². The second-order valence-electron chi connectivity index (χ2n) is 5.22. The molecule has 0 saturated carbocycles. The molecule has 0 bridgehead atoms. The molecule has 0 unspecified atom stereocenters. The van der Waals surface area contributed by atoms with Crippen molar-refractivity contribution in [3.05, 3.63) is 53.9 Å². The van der Waals surface area contributed by atoms with Crippen LogP contribution in [0.4, 0.5) is 0 Å². The van der Waals surface area contributed by atoms with Crippen molar-refractivity contribution < 1.29 is 9.53 Å². The van der Waals surface area contributed by atoms with Gasteiger partial charge in [-0.2, -0.15) is 0 Å². The summed E-state index contributed by atoms with van der Waals surface area (Å²) in [5, 5.41) is 3.02. The Bertz CT molecular complexity index is 604. The molecule has 2 aromatic rings. The van der Waals surface area contributed by atoms with E-state index in [2.05, 4.69) is 16.0 Å². The molecular weight excluding hydrogens is 264 g/mol. The number of methoxy groups -OCH3 is 1. The lowest BCUT2D eigenvalue weighted by molar-refractivity contribution is 0.0935. The molecule has 0 saturated heterocycles. The van der Waals surface area contributed by atoms with Crippen molar-refractivity contribution in [2.24, 2.45) is 7.05 Å². The number of amides is 1. The Morgan fingerprint density at radius 1 is 1.29 bits per heavy atom. The number of nitrogens with zero attached hydrogens (tertiary/aromatic N) is 1. The molecule has 2 rings (SSSR count). The molecule has 0 aliphatic rings. The van der Waals surface area contributed by atoms with E-state index in [0.29, 0.717) is 11.3 Å². The summed E-state index contributed by atoms with van der Waals surface area (Å²) in [5.41, 5.74) is 1.85. The van der Waals surface area contributed by atoms with Gasteiger partial charge in [-0.05, 0) is 44.0 Å². The van der Waals surface area contributed by atoms with Gasteiger partial charge >= 0.3 is 0 Å². The Morgan fingerprint density at radius 3 is 2.71 bits per heavy atom. The van der Waals surface area contributed by atoms with Crippen LogP contribution in [-0.4, -0.2) is 23.6 Å². The van der Waals surface area contributed by atoms with Crippen LogP contribution in [0.1, 0.15) is 29.4 Å². The number of aryl methyl sites for hydroxylation is 2. The largest absolute Gasteiger partial charge is 0.496 e.